The Bertz CT molecular complexity index is 967. The van der Waals surface area contributed by atoms with Crippen molar-refractivity contribution < 1.29 is 16.8 Å². The Balaban J connectivity index is 2.36. The van der Waals surface area contributed by atoms with E-state index < -0.39 is 20.0 Å². The second-order valence-corrected chi connectivity index (χ2v) is 10.5. The van der Waals surface area contributed by atoms with Crippen molar-refractivity contribution in [2.75, 3.05) is 13.1 Å². The summed E-state index contributed by atoms with van der Waals surface area (Å²) in [5, 5.41) is 0. The molecule has 2 aromatic carbocycles. The smallest absolute Gasteiger partial charge is 0.207 e. The summed E-state index contributed by atoms with van der Waals surface area (Å²) in [7, 11) is -7.39. The second kappa shape index (κ2) is 9.17. The maximum atomic E-state index is 13.2. The molecule has 2 aromatic rings. The van der Waals surface area contributed by atoms with Crippen LogP contribution in [0.25, 0.3) is 0 Å². The fourth-order valence-corrected chi connectivity index (χ4v) is 6.02. The average molecular weight is 425 g/mol. The molecule has 0 saturated carbocycles. The van der Waals surface area contributed by atoms with Gasteiger partial charge in [0.15, 0.2) is 0 Å². The zero-order valence-corrected chi connectivity index (χ0v) is 18.4. The van der Waals surface area contributed by atoms with Crippen LogP contribution in [0, 0.1) is 0 Å². The van der Waals surface area contributed by atoms with Crippen molar-refractivity contribution in [3.05, 3.63) is 60.2 Å². The third-order valence-corrected chi connectivity index (χ3v) is 8.63. The monoisotopic (exact) mass is 424 g/mol. The van der Waals surface area contributed by atoms with Gasteiger partial charge in [-0.15, -0.1) is 0 Å². The van der Waals surface area contributed by atoms with E-state index in [1.807, 2.05) is 44.2 Å². The van der Waals surface area contributed by atoms with Crippen molar-refractivity contribution >= 4 is 20.0 Å². The van der Waals surface area contributed by atoms with Gasteiger partial charge in [-0.1, -0.05) is 44.2 Å². The van der Waals surface area contributed by atoms with Crippen LogP contribution in [0.1, 0.15) is 33.3 Å². The van der Waals surface area contributed by atoms with E-state index in [4.69, 9.17) is 0 Å². The van der Waals surface area contributed by atoms with Gasteiger partial charge in [-0.2, -0.15) is 8.61 Å². The number of nitrogens with zero attached hydrogens (tertiary/aromatic N) is 2. The van der Waals surface area contributed by atoms with E-state index in [2.05, 4.69) is 0 Å². The Labute approximate surface area is 168 Å². The topological polar surface area (TPSA) is 74.8 Å². The molecule has 0 spiro atoms. The Hall–Kier alpha value is -1.74. The highest BCUT2D eigenvalue weighted by atomic mass is 32.2. The SMILES string of the molecule is CCN(CC)S(=O)(=O)c1ccc(S(=O)(=O)N(Cc2ccccc2)C(C)C)cc1. The van der Waals surface area contributed by atoms with Gasteiger partial charge in [0.1, 0.15) is 0 Å². The van der Waals surface area contributed by atoms with Crippen molar-refractivity contribution in [3.8, 4) is 0 Å². The Morgan fingerprint density at radius 1 is 0.750 bits per heavy atom. The standard InChI is InChI=1S/C20H28N2O4S2/c1-5-21(6-2)27(23,24)19-12-14-20(15-13-19)28(25,26)22(17(3)4)16-18-10-8-7-9-11-18/h7-15,17H,5-6,16H2,1-4H3. The van der Waals surface area contributed by atoms with Crippen molar-refractivity contribution in [2.45, 2.75) is 50.1 Å². The lowest BCUT2D eigenvalue weighted by Crippen LogP contribution is -2.36. The molecule has 0 atom stereocenters. The van der Waals surface area contributed by atoms with Crippen LogP contribution < -0.4 is 0 Å². The molecule has 0 aliphatic heterocycles. The van der Waals surface area contributed by atoms with Crippen LogP contribution in [0.5, 0.6) is 0 Å². The van der Waals surface area contributed by atoms with Gasteiger partial charge in [0.2, 0.25) is 20.0 Å². The molecule has 0 bridgehead atoms. The highest BCUT2D eigenvalue weighted by Gasteiger charge is 2.28. The first-order chi connectivity index (χ1) is 13.1. The van der Waals surface area contributed by atoms with E-state index in [-0.39, 0.29) is 22.4 Å². The molecule has 2 rings (SSSR count). The van der Waals surface area contributed by atoms with Crippen LogP contribution >= 0.6 is 0 Å². The molecule has 154 valence electrons. The molecular weight excluding hydrogens is 396 g/mol. The maximum absolute atomic E-state index is 13.2. The molecule has 28 heavy (non-hydrogen) atoms. The first-order valence-electron chi connectivity index (χ1n) is 9.30. The van der Waals surface area contributed by atoms with Gasteiger partial charge in [-0.25, -0.2) is 16.8 Å². The lowest BCUT2D eigenvalue weighted by atomic mass is 10.2. The molecule has 0 radical (unpaired) electrons. The van der Waals surface area contributed by atoms with Gasteiger partial charge in [-0.05, 0) is 43.7 Å². The van der Waals surface area contributed by atoms with E-state index in [0.29, 0.717) is 13.1 Å². The number of sulfonamides is 2. The third kappa shape index (κ3) is 4.81. The molecule has 6 nitrogen and oxygen atoms in total. The molecule has 0 unspecified atom stereocenters. The summed E-state index contributed by atoms with van der Waals surface area (Å²) in [6, 6.07) is 14.6. The van der Waals surface area contributed by atoms with Crippen LogP contribution in [0.15, 0.2) is 64.4 Å². The number of hydrogen-bond acceptors (Lipinski definition) is 4. The highest BCUT2D eigenvalue weighted by molar-refractivity contribution is 7.89. The minimum atomic E-state index is -3.77. The van der Waals surface area contributed by atoms with Crippen LogP contribution in [0.4, 0.5) is 0 Å². The Morgan fingerprint density at radius 2 is 1.21 bits per heavy atom. The molecule has 8 heteroatoms. The summed E-state index contributed by atoms with van der Waals surface area (Å²) in [5.74, 6) is 0. The summed E-state index contributed by atoms with van der Waals surface area (Å²) < 4.78 is 54.3. The Morgan fingerprint density at radius 3 is 1.64 bits per heavy atom. The van der Waals surface area contributed by atoms with Crippen LogP contribution in [0.3, 0.4) is 0 Å². The molecule has 0 aliphatic rings. The van der Waals surface area contributed by atoms with E-state index in [1.165, 1.54) is 32.9 Å². The van der Waals surface area contributed by atoms with Gasteiger partial charge in [0, 0.05) is 25.7 Å². The molecule has 0 saturated heterocycles. The van der Waals surface area contributed by atoms with Crippen molar-refractivity contribution in [3.63, 3.8) is 0 Å². The second-order valence-electron chi connectivity index (χ2n) is 6.69. The largest absolute Gasteiger partial charge is 0.243 e. The summed E-state index contributed by atoms with van der Waals surface area (Å²) in [5.41, 5.74) is 0.889. The van der Waals surface area contributed by atoms with Crippen molar-refractivity contribution in [1.82, 2.24) is 8.61 Å². The predicted octanol–water partition coefficient (Wildman–Crippen LogP) is 3.32. The number of hydrogen-bond donors (Lipinski definition) is 0. The summed E-state index contributed by atoms with van der Waals surface area (Å²) >= 11 is 0. The van der Waals surface area contributed by atoms with Crippen molar-refractivity contribution in [2.24, 2.45) is 0 Å². The summed E-state index contributed by atoms with van der Waals surface area (Å²) in [6.45, 7) is 8.14. The van der Waals surface area contributed by atoms with Crippen LogP contribution in [-0.2, 0) is 26.6 Å². The van der Waals surface area contributed by atoms with E-state index in [1.54, 1.807) is 13.8 Å². The molecular formula is C20H28N2O4S2. The van der Waals surface area contributed by atoms with Gasteiger partial charge >= 0.3 is 0 Å². The maximum Gasteiger partial charge on any atom is 0.243 e. The molecule has 0 heterocycles. The molecule has 0 N–H and O–H groups in total. The minimum absolute atomic E-state index is 0.0793. The lowest BCUT2D eigenvalue weighted by Gasteiger charge is -2.26. The summed E-state index contributed by atoms with van der Waals surface area (Å²) in [4.78, 5) is 0.171. The number of rotatable bonds is 9. The fraction of sp³-hybridized carbons (Fsp3) is 0.400. The Kier molecular flexibility index (Phi) is 7.39. The lowest BCUT2D eigenvalue weighted by molar-refractivity contribution is 0.348. The molecule has 0 aliphatic carbocycles. The third-order valence-electron chi connectivity index (χ3n) is 4.53. The first kappa shape index (κ1) is 22.5. The van der Waals surface area contributed by atoms with E-state index in [0.717, 1.165) is 5.56 Å². The van der Waals surface area contributed by atoms with Crippen LogP contribution in [0.2, 0.25) is 0 Å². The number of benzene rings is 2. The van der Waals surface area contributed by atoms with Gasteiger partial charge in [0.05, 0.1) is 9.79 Å². The van der Waals surface area contributed by atoms with Crippen molar-refractivity contribution in [1.29, 1.82) is 0 Å². The fourth-order valence-electron chi connectivity index (χ4n) is 2.94. The minimum Gasteiger partial charge on any atom is -0.207 e. The van der Waals surface area contributed by atoms with E-state index in [9.17, 15) is 16.8 Å². The van der Waals surface area contributed by atoms with Gasteiger partial charge < -0.3 is 0 Å². The normalized spacial score (nSPS) is 12.8. The van der Waals surface area contributed by atoms with Crippen LogP contribution in [-0.4, -0.2) is 44.6 Å². The molecule has 0 aromatic heterocycles. The zero-order chi connectivity index (χ0) is 20.9. The predicted molar refractivity (Wildman–Crippen MR) is 111 cm³/mol. The highest BCUT2D eigenvalue weighted by Crippen LogP contribution is 2.23. The summed E-state index contributed by atoms with van der Waals surface area (Å²) in [6.07, 6.45) is 0. The first-order valence-corrected chi connectivity index (χ1v) is 12.2. The van der Waals surface area contributed by atoms with Gasteiger partial charge in [-0.3, -0.25) is 0 Å². The quantitative estimate of drug-likeness (QED) is 0.619. The molecule has 0 amide bonds. The average Bonchev–Trinajstić information content (AvgIpc) is 2.67. The zero-order valence-electron chi connectivity index (χ0n) is 16.7. The molecule has 0 fully saturated rings. The van der Waals surface area contributed by atoms with Gasteiger partial charge in [0.25, 0.3) is 0 Å². The van der Waals surface area contributed by atoms with E-state index >= 15 is 0 Å².